The minimum absolute atomic E-state index is 0.0607. The van der Waals surface area contributed by atoms with Gasteiger partial charge in [-0.15, -0.1) is 0 Å². The van der Waals surface area contributed by atoms with Crippen molar-refractivity contribution in [2.75, 3.05) is 31.9 Å². The number of halogens is 1. The van der Waals surface area contributed by atoms with E-state index in [1.165, 1.54) is 31.0 Å². The minimum atomic E-state index is -0.551. The quantitative estimate of drug-likeness (QED) is 0.628. The number of carbonyl (C=O) groups excluding carboxylic acids is 1. The number of amides is 1. The van der Waals surface area contributed by atoms with E-state index in [-0.39, 0.29) is 11.6 Å². The first kappa shape index (κ1) is 13.8. The van der Waals surface area contributed by atoms with Crippen LogP contribution in [-0.4, -0.2) is 37.0 Å². The van der Waals surface area contributed by atoms with E-state index in [1.54, 1.807) is 0 Å². The fourth-order valence-corrected chi connectivity index (χ4v) is 2.28. The maximum atomic E-state index is 13.2. The van der Waals surface area contributed by atoms with Crippen LogP contribution in [0.3, 0.4) is 0 Å². The Balaban J connectivity index is 1.72. The maximum Gasteiger partial charge on any atom is 0.251 e. The highest BCUT2D eigenvalue weighted by Crippen LogP contribution is 2.12. The van der Waals surface area contributed by atoms with Gasteiger partial charge < -0.3 is 16.0 Å². The summed E-state index contributed by atoms with van der Waals surface area (Å²) in [4.78, 5) is 14.2. The van der Waals surface area contributed by atoms with Gasteiger partial charge in [0.2, 0.25) is 0 Å². The highest BCUT2D eigenvalue weighted by molar-refractivity contribution is 5.94. The van der Waals surface area contributed by atoms with Crippen molar-refractivity contribution in [2.24, 2.45) is 0 Å². The predicted molar refractivity (Wildman–Crippen MR) is 73.4 cm³/mol. The fraction of sp³-hybridized carbons (Fsp3) is 0.500. The lowest BCUT2D eigenvalue weighted by Crippen LogP contribution is -2.28. The minimum Gasteiger partial charge on any atom is -0.396 e. The molecule has 0 bridgehead atoms. The molecule has 1 aliphatic rings. The van der Waals surface area contributed by atoms with Gasteiger partial charge >= 0.3 is 0 Å². The number of nitrogens with one attached hydrogen (secondary N) is 1. The van der Waals surface area contributed by atoms with Crippen LogP contribution in [0, 0.1) is 5.82 Å². The summed E-state index contributed by atoms with van der Waals surface area (Å²) >= 11 is 0. The van der Waals surface area contributed by atoms with Gasteiger partial charge in [-0.3, -0.25) is 4.79 Å². The van der Waals surface area contributed by atoms with E-state index < -0.39 is 5.82 Å². The lowest BCUT2D eigenvalue weighted by Gasteiger charge is -2.14. The lowest BCUT2D eigenvalue weighted by molar-refractivity contribution is 0.0951. The zero-order valence-electron chi connectivity index (χ0n) is 11.0. The van der Waals surface area contributed by atoms with Crippen molar-refractivity contribution in [3.05, 3.63) is 29.6 Å². The molecule has 0 aromatic heterocycles. The van der Waals surface area contributed by atoms with Crippen LogP contribution in [0.25, 0.3) is 0 Å². The van der Waals surface area contributed by atoms with Crippen LogP contribution in [0.15, 0.2) is 18.2 Å². The largest absolute Gasteiger partial charge is 0.396 e. The normalized spacial score (nSPS) is 15.6. The summed E-state index contributed by atoms with van der Waals surface area (Å²) in [6.07, 6.45) is 3.47. The van der Waals surface area contributed by atoms with E-state index in [9.17, 15) is 9.18 Å². The molecular weight excluding hydrogens is 245 g/mol. The van der Waals surface area contributed by atoms with Crippen LogP contribution in [0.2, 0.25) is 0 Å². The summed E-state index contributed by atoms with van der Waals surface area (Å²) in [5.41, 5.74) is 5.74. The van der Waals surface area contributed by atoms with E-state index in [0.717, 1.165) is 26.1 Å². The Bertz CT molecular complexity index is 444. The molecule has 104 valence electrons. The average Bonchev–Trinajstić information content (AvgIpc) is 2.91. The van der Waals surface area contributed by atoms with Gasteiger partial charge in [0.1, 0.15) is 5.82 Å². The molecule has 0 saturated carbocycles. The lowest BCUT2D eigenvalue weighted by atomic mass is 10.2. The van der Waals surface area contributed by atoms with E-state index in [4.69, 9.17) is 5.73 Å². The van der Waals surface area contributed by atoms with Crippen molar-refractivity contribution in [1.82, 2.24) is 10.2 Å². The third kappa shape index (κ3) is 3.92. The molecule has 0 unspecified atom stereocenters. The van der Waals surface area contributed by atoms with Crippen molar-refractivity contribution in [3.63, 3.8) is 0 Å². The van der Waals surface area contributed by atoms with Gasteiger partial charge in [0.25, 0.3) is 5.91 Å². The Morgan fingerprint density at radius 3 is 2.79 bits per heavy atom. The van der Waals surface area contributed by atoms with Gasteiger partial charge in [0.15, 0.2) is 0 Å². The third-order valence-corrected chi connectivity index (χ3v) is 3.40. The van der Waals surface area contributed by atoms with Crippen LogP contribution in [0.5, 0.6) is 0 Å². The maximum absolute atomic E-state index is 13.2. The molecule has 3 N–H and O–H groups in total. The molecule has 1 aromatic rings. The Hall–Kier alpha value is -1.62. The van der Waals surface area contributed by atoms with Crippen LogP contribution >= 0.6 is 0 Å². The summed E-state index contributed by atoms with van der Waals surface area (Å²) in [5, 5.41) is 2.80. The summed E-state index contributed by atoms with van der Waals surface area (Å²) in [6, 6.07) is 4.12. The van der Waals surface area contributed by atoms with Crippen LogP contribution in [0.1, 0.15) is 29.6 Å². The number of nitrogen functional groups attached to an aromatic ring is 1. The summed E-state index contributed by atoms with van der Waals surface area (Å²) in [6.45, 7) is 3.95. The predicted octanol–water partition coefficient (Wildman–Crippen LogP) is 1.62. The second-order valence-corrected chi connectivity index (χ2v) is 4.89. The molecule has 0 atom stereocenters. The second-order valence-electron chi connectivity index (χ2n) is 4.89. The van der Waals surface area contributed by atoms with Gasteiger partial charge in [-0.2, -0.15) is 0 Å². The second kappa shape index (κ2) is 6.52. The molecule has 2 rings (SSSR count). The molecule has 1 aromatic carbocycles. The smallest absolute Gasteiger partial charge is 0.251 e. The number of likely N-dealkylation sites (tertiary alicyclic amines) is 1. The van der Waals surface area contributed by atoms with Gasteiger partial charge in [0, 0.05) is 12.1 Å². The topological polar surface area (TPSA) is 58.4 Å². The molecule has 1 saturated heterocycles. The van der Waals surface area contributed by atoms with Crippen molar-refractivity contribution in [2.45, 2.75) is 19.3 Å². The first-order chi connectivity index (χ1) is 9.16. The molecule has 19 heavy (non-hydrogen) atoms. The monoisotopic (exact) mass is 265 g/mol. The average molecular weight is 265 g/mol. The molecule has 1 amide bonds. The summed E-state index contributed by atoms with van der Waals surface area (Å²) < 4.78 is 13.2. The Morgan fingerprint density at radius 1 is 1.37 bits per heavy atom. The number of hydrogen-bond acceptors (Lipinski definition) is 3. The highest BCUT2D eigenvalue weighted by Gasteiger charge is 2.11. The number of anilines is 1. The summed E-state index contributed by atoms with van der Waals surface area (Å²) in [7, 11) is 0. The number of benzene rings is 1. The molecule has 5 heteroatoms. The highest BCUT2D eigenvalue weighted by atomic mass is 19.1. The van der Waals surface area contributed by atoms with E-state index >= 15 is 0 Å². The fourth-order valence-electron chi connectivity index (χ4n) is 2.28. The van der Waals surface area contributed by atoms with Gasteiger partial charge in [-0.1, -0.05) is 0 Å². The molecule has 1 aliphatic heterocycles. The zero-order chi connectivity index (χ0) is 13.7. The van der Waals surface area contributed by atoms with E-state index in [2.05, 4.69) is 10.2 Å². The molecule has 1 heterocycles. The Labute approximate surface area is 112 Å². The van der Waals surface area contributed by atoms with Crippen LogP contribution in [0.4, 0.5) is 10.1 Å². The standard InChI is InChI=1S/C14H20FN3O/c15-12-10-11(4-5-13(12)16)14(19)17-6-3-9-18-7-1-2-8-18/h4-5,10H,1-3,6-9,16H2,(H,17,19). The van der Waals surface area contributed by atoms with Crippen LogP contribution in [-0.2, 0) is 0 Å². The first-order valence-electron chi connectivity index (χ1n) is 6.72. The zero-order valence-corrected chi connectivity index (χ0v) is 11.0. The molecule has 4 nitrogen and oxygen atoms in total. The Kier molecular flexibility index (Phi) is 4.74. The van der Waals surface area contributed by atoms with Crippen LogP contribution < -0.4 is 11.1 Å². The first-order valence-corrected chi connectivity index (χ1v) is 6.72. The number of carbonyl (C=O) groups is 1. The van der Waals surface area contributed by atoms with Crippen molar-refractivity contribution in [3.8, 4) is 0 Å². The van der Waals surface area contributed by atoms with Crippen molar-refractivity contribution < 1.29 is 9.18 Å². The van der Waals surface area contributed by atoms with Crippen molar-refractivity contribution >= 4 is 11.6 Å². The van der Waals surface area contributed by atoms with Gasteiger partial charge in [0.05, 0.1) is 5.69 Å². The summed E-state index contributed by atoms with van der Waals surface area (Å²) in [5.74, 6) is -0.801. The molecule has 0 spiro atoms. The molecule has 0 radical (unpaired) electrons. The number of hydrogen-bond donors (Lipinski definition) is 2. The van der Waals surface area contributed by atoms with Gasteiger partial charge in [-0.25, -0.2) is 4.39 Å². The van der Waals surface area contributed by atoms with Gasteiger partial charge in [-0.05, 0) is 57.1 Å². The number of nitrogens with zero attached hydrogens (tertiary/aromatic N) is 1. The Morgan fingerprint density at radius 2 is 2.11 bits per heavy atom. The van der Waals surface area contributed by atoms with E-state index in [0.29, 0.717) is 12.1 Å². The molecule has 0 aliphatic carbocycles. The number of rotatable bonds is 5. The molecular formula is C14H20FN3O. The molecule has 1 fully saturated rings. The SMILES string of the molecule is Nc1ccc(C(=O)NCCCN2CCCC2)cc1F. The van der Waals surface area contributed by atoms with Crippen molar-refractivity contribution in [1.29, 1.82) is 0 Å². The number of nitrogens with two attached hydrogens (primary N) is 1. The third-order valence-electron chi connectivity index (χ3n) is 3.40. The van der Waals surface area contributed by atoms with E-state index in [1.807, 2.05) is 0 Å².